The highest BCUT2D eigenvalue weighted by Crippen LogP contribution is 2.32. The molecule has 4 aromatic rings. The van der Waals surface area contributed by atoms with E-state index < -0.39 is 15.8 Å². The van der Waals surface area contributed by atoms with Crippen molar-refractivity contribution in [2.24, 2.45) is 0 Å². The lowest BCUT2D eigenvalue weighted by Crippen LogP contribution is -3.00. The number of halogens is 2. The van der Waals surface area contributed by atoms with Gasteiger partial charge in [-0.2, -0.15) is 4.31 Å². The molecule has 0 radical (unpaired) electrons. The van der Waals surface area contributed by atoms with E-state index in [4.69, 9.17) is 0 Å². The van der Waals surface area contributed by atoms with Gasteiger partial charge in [-0.25, -0.2) is 17.8 Å². The van der Waals surface area contributed by atoms with Crippen LogP contribution in [0.25, 0.3) is 10.2 Å². The van der Waals surface area contributed by atoms with Crippen LogP contribution in [0.1, 0.15) is 27.9 Å². The molecule has 0 aliphatic carbocycles. The quantitative estimate of drug-likeness (QED) is 0.314. The standard InChI is InChI=1S/C28H29FN4O3S2.ClH/c1-31(2)16-6-17-33(28-30-26-24(29)9-5-10-25(26)37-28)27(34)21-11-13-23(14-12-21)38(35,36)32-18-15-20-7-3-4-8-22(20)19-32;/h3-5,7-14H,6,15-19H2,1-2H3;1H/p-1. The van der Waals surface area contributed by atoms with Crippen LogP contribution in [0.5, 0.6) is 0 Å². The number of benzene rings is 3. The van der Waals surface area contributed by atoms with E-state index in [0.29, 0.717) is 47.9 Å². The van der Waals surface area contributed by atoms with Crippen molar-refractivity contribution < 1.29 is 30.0 Å². The number of nitrogens with zero attached hydrogens (tertiary/aromatic N) is 4. The average Bonchev–Trinajstić information content (AvgIpc) is 3.36. The van der Waals surface area contributed by atoms with Crippen LogP contribution in [0.2, 0.25) is 0 Å². The molecule has 0 fully saturated rings. The van der Waals surface area contributed by atoms with Gasteiger partial charge in [0, 0.05) is 25.2 Å². The predicted molar refractivity (Wildman–Crippen MR) is 149 cm³/mol. The number of hydrogen-bond donors (Lipinski definition) is 0. The van der Waals surface area contributed by atoms with Gasteiger partial charge in [0.2, 0.25) is 10.0 Å². The molecular formula is C28H29ClFN4O3S2-. The van der Waals surface area contributed by atoms with Crippen LogP contribution in [0.4, 0.5) is 9.52 Å². The first-order chi connectivity index (χ1) is 18.2. The molecule has 3 aromatic carbocycles. The van der Waals surface area contributed by atoms with Gasteiger partial charge in [-0.15, -0.1) is 0 Å². The lowest BCUT2D eigenvalue weighted by Gasteiger charge is -2.28. The monoisotopic (exact) mass is 587 g/mol. The summed E-state index contributed by atoms with van der Waals surface area (Å²) in [4.78, 5) is 21.8. The second-order valence-corrected chi connectivity index (χ2v) is 12.5. The molecule has 1 amide bonds. The van der Waals surface area contributed by atoms with E-state index in [1.807, 2.05) is 43.3 Å². The zero-order valence-corrected chi connectivity index (χ0v) is 24.1. The number of amides is 1. The molecule has 11 heteroatoms. The average molecular weight is 588 g/mol. The fraction of sp³-hybridized carbons (Fsp3) is 0.286. The first-order valence-corrected chi connectivity index (χ1v) is 14.7. The highest BCUT2D eigenvalue weighted by Gasteiger charge is 2.29. The zero-order chi connectivity index (χ0) is 26.9. The lowest BCUT2D eigenvalue weighted by atomic mass is 10.0. The largest absolute Gasteiger partial charge is 1.00 e. The van der Waals surface area contributed by atoms with Crippen LogP contribution in [0.15, 0.2) is 71.6 Å². The molecule has 7 nitrogen and oxygen atoms in total. The predicted octanol–water partition coefficient (Wildman–Crippen LogP) is 1.78. The first kappa shape index (κ1) is 29.1. The Labute approximate surface area is 238 Å². The van der Waals surface area contributed by atoms with Gasteiger partial charge >= 0.3 is 0 Å². The Morgan fingerprint density at radius 2 is 1.72 bits per heavy atom. The van der Waals surface area contributed by atoms with Gasteiger partial charge in [0.15, 0.2) is 5.13 Å². The summed E-state index contributed by atoms with van der Waals surface area (Å²) in [7, 11) is 0.201. The molecule has 0 N–H and O–H groups in total. The van der Waals surface area contributed by atoms with Crippen molar-refractivity contribution in [3.8, 4) is 0 Å². The number of carbonyl (C=O) groups is 1. The third kappa shape index (κ3) is 6.15. The molecule has 1 aromatic heterocycles. The van der Waals surface area contributed by atoms with Crippen LogP contribution >= 0.6 is 11.3 Å². The molecule has 0 saturated carbocycles. The number of thiazole rings is 1. The second-order valence-electron chi connectivity index (χ2n) is 9.58. The number of aromatic nitrogens is 1. The SMILES string of the molecule is CN(C)CCCN(C(=O)c1ccc(S(=O)(=O)N2CCc3ccccc3C2)cc1)c1nc2c(F)cccc2s1.[Cl-]. The normalized spacial score (nSPS) is 13.7. The molecule has 2 heterocycles. The molecule has 0 unspecified atom stereocenters. The Balaban J connectivity index is 0.00000353. The van der Waals surface area contributed by atoms with Crippen molar-refractivity contribution >= 4 is 42.6 Å². The molecule has 0 saturated heterocycles. The molecule has 206 valence electrons. The molecule has 0 spiro atoms. The maximum atomic E-state index is 14.3. The van der Waals surface area contributed by atoms with E-state index in [0.717, 1.165) is 12.1 Å². The number of hydrogen-bond acceptors (Lipinski definition) is 6. The topological polar surface area (TPSA) is 73.8 Å². The van der Waals surface area contributed by atoms with E-state index >= 15 is 0 Å². The molecule has 0 bridgehead atoms. The third-order valence-electron chi connectivity index (χ3n) is 6.66. The fourth-order valence-corrected chi connectivity index (χ4v) is 7.02. The number of para-hydroxylation sites is 1. The summed E-state index contributed by atoms with van der Waals surface area (Å²) in [5, 5.41) is 0.414. The summed E-state index contributed by atoms with van der Waals surface area (Å²) in [5.74, 6) is -0.736. The summed E-state index contributed by atoms with van der Waals surface area (Å²) in [6.07, 6.45) is 1.36. The smallest absolute Gasteiger partial charge is 0.260 e. The Bertz CT molecular complexity index is 1580. The summed E-state index contributed by atoms with van der Waals surface area (Å²) in [6.45, 7) is 1.89. The second kappa shape index (κ2) is 12.1. The minimum absolute atomic E-state index is 0. The van der Waals surface area contributed by atoms with E-state index in [2.05, 4.69) is 4.98 Å². The molecule has 5 rings (SSSR count). The van der Waals surface area contributed by atoms with Crippen LogP contribution in [-0.4, -0.2) is 62.2 Å². The highest BCUT2D eigenvalue weighted by atomic mass is 35.5. The minimum atomic E-state index is -3.71. The Kier molecular flexibility index (Phi) is 9.03. The minimum Gasteiger partial charge on any atom is -1.00 e. The van der Waals surface area contributed by atoms with Gasteiger partial charge in [0.25, 0.3) is 5.91 Å². The first-order valence-electron chi connectivity index (χ1n) is 12.4. The molecule has 39 heavy (non-hydrogen) atoms. The fourth-order valence-electron chi connectivity index (χ4n) is 4.60. The van der Waals surface area contributed by atoms with Crippen LogP contribution < -0.4 is 17.3 Å². The summed E-state index contributed by atoms with van der Waals surface area (Å²) >= 11 is 1.26. The van der Waals surface area contributed by atoms with E-state index in [1.165, 1.54) is 39.4 Å². The van der Waals surface area contributed by atoms with Crippen LogP contribution in [-0.2, 0) is 23.0 Å². The van der Waals surface area contributed by atoms with Crippen LogP contribution in [0, 0.1) is 5.82 Å². The van der Waals surface area contributed by atoms with Crippen molar-refractivity contribution in [2.75, 3.05) is 38.6 Å². The summed E-state index contributed by atoms with van der Waals surface area (Å²) < 4.78 is 43.2. The number of carbonyl (C=O) groups excluding carboxylic acids is 1. The van der Waals surface area contributed by atoms with Gasteiger partial charge < -0.3 is 17.3 Å². The number of fused-ring (bicyclic) bond motifs is 2. The van der Waals surface area contributed by atoms with Gasteiger partial charge in [-0.05, 0) is 81.0 Å². The Morgan fingerprint density at radius 3 is 2.41 bits per heavy atom. The lowest BCUT2D eigenvalue weighted by molar-refractivity contribution is -0.0000183. The molecule has 1 aliphatic heterocycles. The van der Waals surface area contributed by atoms with E-state index in [9.17, 15) is 17.6 Å². The Hall–Kier alpha value is -2.89. The Morgan fingerprint density at radius 1 is 1.00 bits per heavy atom. The van der Waals surface area contributed by atoms with E-state index in [-0.39, 0.29) is 28.7 Å². The third-order valence-corrected chi connectivity index (χ3v) is 9.56. The van der Waals surface area contributed by atoms with Gasteiger partial charge in [-0.1, -0.05) is 41.7 Å². The van der Waals surface area contributed by atoms with Crippen LogP contribution in [0.3, 0.4) is 0 Å². The highest BCUT2D eigenvalue weighted by molar-refractivity contribution is 7.89. The van der Waals surface area contributed by atoms with Crippen molar-refractivity contribution in [3.05, 3.63) is 89.2 Å². The molecule has 1 aliphatic rings. The summed E-state index contributed by atoms with van der Waals surface area (Å²) in [6, 6.07) is 18.7. The summed E-state index contributed by atoms with van der Waals surface area (Å²) in [5.41, 5.74) is 2.76. The number of rotatable bonds is 8. The maximum Gasteiger partial charge on any atom is 0.260 e. The zero-order valence-electron chi connectivity index (χ0n) is 21.7. The molecule has 0 atom stereocenters. The molecular weight excluding hydrogens is 559 g/mol. The number of anilines is 1. The van der Waals surface area contributed by atoms with Crippen molar-refractivity contribution in [1.29, 1.82) is 0 Å². The van der Waals surface area contributed by atoms with Crippen molar-refractivity contribution in [2.45, 2.75) is 24.3 Å². The van der Waals surface area contributed by atoms with Crippen molar-refractivity contribution in [3.63, 3.8) is 0 Å². The van der Waals surface area contributed by atoms with Gasteiger partial charge in [0.1, 0.15) is 11.3 Å². The van der Waals surface area contributed by atoms with Gasteiger partial charge in [0.05, 0.1) is 9.60 Å². The van der Waals surface area contributed by atoms with Gasteiger partial charge in [-0.3, -0.25) is 9.69 Å². The van der Waals surface area contributed by atoms with Crippen molar-refractivity contribution in [1.82, 2.24) is 14.2 Å². The number of sulfonamides is 1. The van der Waals surface area contributed by atoms with E-state index in [1.54, 1.807) is 29.2 Å². The maximum absolute atomic E-state index is 14.3.